The molecule has 0 N–H and O–H groups in total. The lowest BCUT2D eigenvalue weighted by Gasteiger charge is -2.19. The van der Waals surface area contributed by atoms with Gasteiger partial charge in [0.2, 0.25) is 5.91 Å². The summed E-state index contributed by atoms with van der Waals surface area (Å²) < 4.78 is 27.3. The average molecular weight is 427 g/mol. The molecular weight excluding hydrogens is 408 g/mol. The third kappa shape index (κ3) is 4.77. The van der Waals surface area contributed by atoms with Gasteiger partial charge in [0.1, 0.15) is 11.6 Å². The fourth-order valence-electron chi connectivity index (χ4n) is 2.83. The van der Waals surface area contributed by atoms with Crippen LogP contribution in [0.3, 0.4) is 0 Å². The number of anilines is 3. The van der Waals surface area contributed by atoms with Crippen molar-refractivity contribution in [2.45, 2.75) is 13.8 Å². The topological polar surface area (TPSA) is 53.5 Å². The molecule has 0 fully saturated rings. The van der Waals surface area contributed by atoms with Gasteiger partial charge in [0.15, 0.2) is 5.13 Å². The Morgan fingerprint density at radius 1 is 1.10 bits per heavy atom. The summed E-state index contributed by atoms with van der Waals surface area (Å²) in [6, 6.07) is 11.6. The van der Waals surface area contributed by atoms with Crippen LogP contribution in [0.4, 0.5) is 25.3 Å². The molecule has 0 bridgehead atoms. The van der Waals surface area contributed by atoms with Crippen LogP contribution < -0.4 is 9.80 Å². The normalized spacial score (nSPS) is 10.9. The molecule has 8 heteroatoms. The van der Waals surface area contributed by atoms with Crippen molar-refractivity contribution in [3.8, 4) is 0 Å². The fourth-order valence-corrected chi connectivity index (χ4v) is 3.68. The number of aromatic nitrogens is 1. The van der Waals surface area contributed by atoms with E-state index < -0.39 is 5.82 Å². The molecule has 0 aliphatic heterocycles. The SMILES string of the molecule is CCN(C(=O)/C=C/c1csc(N(C(C)=O)c2ccccc2F)n1)c1ccc(F)cc1. The Hall–Kier alpha value is -3.39. The number of benzene rings is 2. The number of likely N-dealkylation sites (N-methyl/N-ethyl adjacent to an activating group) is 1. The van der Waals surface area contributed by atoms with Gasteiger partial charge in [-0.15, -0.1) is 11.3 Å². The summed E-state index contributed by atoms with van der Waals surface area (Å²) in [5, 5.41) is 1.97. The standard InChI is InChI=1S/C22H19F2N3O2S/c1-3-26(18-11-8-16(23)9-12-18)21(29)13-10-17-14-30-22(25-17)27(15(2)28)20-7-5-4-6-19(20)24/h4-14H,3H2,1-2H3/b13-10+. The lowest BCUT2D eigenvalue weighted by Crippen LogP contribution is -2.28. The van der Waals surface area contributed by atoms with Crippen LogP contribution in [-0.2, 0) is 9.59 Å². The summed E-state index contributed by atoms with van der Waals surface area (Å²) in [5.74, 6) is -1.59. The van der Waals surface area contributed by atoms with E-state index in [1.54, 1.807) is 17.5 Å². The van der Waals surface area contributed by atoms with Gasteiger partial charge in [-0.2, -0.15) is 0 Å². The zero-order valence-electron chi connectivity index (χ0n) is 16.4. The molecule has 1 aromatic heterocycles. The van der Waals surface area contributed by atoms with Crippen LogP contribution >= 0.6 is 11.3 Å². The second kappa shape index (κ2) is 9.41. The molecule has 0 unspecified atom stereocenters. The highest BCUT2D eigenvalue weighted by atomic mass is 32.1. The third-order valence-electron chi connectivity index (χ3n) is 4.23. The summed E-state index contributed by atoms with van der Waals surface area (Å²) in [4.78, 5) is 31.7. The molecule has 0 saturated carbocycles. The summed E-state index contributed by atoms with van der Waals surface area (Å²) in [5.41, 5.74) is 1.15. The predicted molar refractivity (Wildman–Crippen MR) is 115 cm³/mol. The van der Waals surface area contributed by atoms with Crippen LogP contribution in [0.5, 0.6) is 0 Å². The molecule has 3 aromatic rings. The van der Waals surface area contributed by atoms with E-state index in [1.807, 2.05) is 6.92 Å². The number of rotatable bonds is 6. The van der Waals surface area contributed by atoms with E-state index in [0.717, 1.165) is 11.3 Å². The van der Waals surface area contributed by atoms with E-state index in [1.165, 1.54) is 65.3 Å². The van der Waals surface area contributed by atoms with E-state index in [4.69, 9.17) is 0 Å². The highest BCUT2D eigenvalue weighted by Crippen LogP contribution is 2.31. The molecule has 0 atom stereocenters. The van der Waals surface area contributed by atoms with Crippen molar-refractivity contribution in [3.05, 3.63) is 77.3 Å². The lowest BCUT2D eigenvalue weighted by atomic mass is 10.2. The molecule has 0 aliphatic rings. The van der Waals surface area contributed by atoms with Gasteiger partial charge >= 0.3 is 0 Å². The van der Waals surface area contributed by atoms with E-state index in [2.05, 4.69) is 4.98 Å². The second-order valence-corrected chi connectivity index (χ2v) is 7.09. The van der Waals surface area contributed by atoms with Crippen molar-refractivity contribution in [1.29, 1.82) is 0 Å². The van der Waals surface area contributed by atoms with E-state index in [0.29, 0.717) is 23.1 Å². The summed E-state index contributed by atoms with van der Waals surface area (Å²) in [6.45, 7) is 3.55. The number of amides is 2. The highest BCUT2D eigenvalue weighted by Gasteiger charge is 2.20. The van der Waals surface area contributed by atoms with Crippen LogP contribution in [0.25, 0.3) is 6.08 Å². The molecule has 5 nitrogen and oxygen atoms in total. The van der Waals surface area contributed by atoms with Gasteiger partial charge in [0, 0.05) is 30.6 Å². The third-order valence-corrected chi connectivity index (χ3v) is 5.07. The maximum absolute atomic E-state index is 14.2. The first kappa shape index (κ1) is 21.3. The Balaban J connectivity index is 1.80. The van der Waals surface area contributed by atoms with Gasteiger partial charge < -0.3 is 4.90 Å². The molecule has 30 heavy (non-hydrogen) atoms. The van der Waals surface area contributed by atoms with Crippen molar-refractivity contribution in [1.82, 2.24) is 4.98 Å². The van der Waals surface area contributed by atoms with Gasteiger partial charge in [-0.3, -0.25) is 14.5 Å². The molecule has 1 heterocycles. The quantitative estimate of drug-likeness (QED) is 0.510. The molecule has 3 rings (SSSR count). The molecule has 0 spiro atoms. The van der Waals surface area contributed by atoms with E-state index in [-0.39, 0.29) is 23.3 Å². The zero-order valence-corrected chi connectivity index (χ0v) is 17.2. The number of carbonyl (C=O) groups is 2. The summed E-state index contributed by atoms with van der Waals surface area (Å²) in [7, 11) is 0. The molecule has 0 saturated heterocycles. The molecule has 2 amide bonds. The van der Waals surface area contributed by atoms with Crippen LogP contribution in [0.15, 0.2) is 60.0 Å². The minimum absolute atomic E-state index is 0.111. The molecule has 0 radical (unpaired) electrons. The minimum Gasteiger partial charge on any atom is -0.309 e. The molecule has 154 valence electrons. The predicted octanol–water partition coefficient (Wildman–Crippen LogP) is 5.17. The number of nitrogens with zero attached hydrogens (tertiary/aromatic N) is 3. The van der Waals surface area contributed by atoms with Gasteiger partial charge in [0.25, 0.3) is 5.91 Å². The first-order chi connectivity index (χ1) is 14.4. The number of hydrogen-bond acceptors (Lipinski definition) is 4. The second-order valence-electron chi connectivity index (χ2n) is 6.25. The highest BCUT2D eigenvalue weighted by molar-refractivity contribution is 7.14. The van der Waals surface area contributed by atoms with Gasteiger partial charge in [0.05, 0.1) is 11.4 Å². The largest absolute Gasteiger partial charge is 0.309 e. The summed E-state index contributed by atoms with van der Waals surface area (Å²) >= 11 is 1.16. The van der Waals surface area contributed by atoms with Gasteiger partial charge in [-0.25, -0.2) is 13.8 Å². The number of para-hydroxylation sites is 1. The lowest BCUT2D eigenvalue weighted by molar-refractivity contribution is -0.116. The fraction of sp³-hybridized carbons (Fsp3) is 0.136. The van der Waals surface area contributed by atoms with Crippen LogP contribution in [0.1, 0.15) is 19.5 Å². The van der Waals surface area contributed by atoms with Crippen molar-refractivity contribution < 1.29 is 18.4 Å². The van der Waals surface area contributed by atoms with Crippen LogP contribution in [0, 0.1) is 11.6 Å². The Morgan fingerprint density at radius 2 is 1.80 bits per heavy atom. The Morgan fingerprint density at radius 3 is 2.43 bits per heavy atom. The van der Waals surface area contributed by atoms with Crippen molar-refractivity contribution in [2.75, 3.05) is 16.3 Å². The van der Waals surface area contributed by atoms with Crippen LogP contribution in [-0.4, -0.2) is 23.3 Å². The maximum atomic E-state index is 14.2. The monoisotopic (exact) mass is 427 g/mol. The smallest absolute Gasteiger partial charge is 0.251 e. The number of hydrogen-bond donors (Lipinski definition) is 0. The van der Waals surface area contributed by atoms with Crippen molar-refractivity contribution in [3.63, 3.8) is 0 Å². The number of thiazole rings is 1. The number of halogens is 2. The maximum Gasteiger partial charge on any atom is 0.251 e. The number of carbonyl (C=O) groups excluding carboxylic acids is 2. The Labute approximate surface area is 176 Å². The first-order valence-electron chi connectivity index (χ1n) is 9.16. The van der Waals surface area contributed by atoms with Crippen molar-refractivity contribution in [2.24, 2.45) is 0 Å². The van der Waals surface area contributed by atoms with Crippen LogP contribution in [0.2, 0.25) is 0 Å². The van der Waals surface area contributed by atoms with Crippen molar-refractivity contribution >= 4 is 45.7 Å². The minimum atomic E-state index is -0.534. The first-order valence-corrected chi connectivity index (χ1v) is 10.0. The average Bonchev–Trinajstić information content (AvgIpc) is 3.18. The molecule has 0 aliphatic carbocycles. The zero-order chi connectivity index (χ0) is 21.7. The Bertz CT molecular complexity index is 1080. The van der Waals surface area contributed by atoms with Gasteiger partial charge in [-0.1, -0.05) is 12.1 Å². The molecular formula is C22H19F2N3O2S. The molecule has 2 aromatic carbocycles. The van der Waals surface area contributed by atoms with E-state index in [9.17, 15) is 18.4 Å². The Kier molecular flexibility index (Phi) is 6.68. The van der Waals surface area contributed by atoms with Gasteiger partial charge in [-0.05, 0) is 49.4 Å². The van der Waals surface area contributed by atoms with E-state index >= 15 is 0 Å². The summed E-state index contributed by atoms with van der Waals surface area (Å²) in [6.07, 6.45) is 2.88.